The van der Waals surface area contributed by atoms with Crippen LogP contribution in [0.3, 0.4) is 0 Å². The molecule has 33 heavy (non-hydrogen) atoms. The molecule has 0 spiro atoms. The van der Waals surface area contributed by atoms with Gasteiger partial charge in [-0.15, -0.1) is 11.3 Å². The van der Waals surface area contributed by atoms with Crippen molar-refractivity contribution in [2.24, 2.45) is 0 Å². The maximum atomic E-state index is 13.1. The predicted octanol–water partition coefficient (Wildman–Crippen LogP) is 6.08. The molecule has 2 aromatic carbocycles. The summed E-state index contributed by atoms with van der Waals surface area (Å²) in [6.07, 6.45) is 2.27. The standard InChI is InChI=1S/C25H23N5O2S/c1-14-20-15(2)26-22(16-11-12-16)30-24(20)33-21(14)23(31)27-18-9-6-10-19(13-18)29-25(32)28-17-7-4-3-5-8-17/h3-10,13,16H,11-12H2,1-2H3,(H,27,31)(H2,28,29,32). The summed E-state index contributed by atoms with van der Waals surface area (Å²) in [6, 6.07) is 15.9. The zero-order valence-electron chi connectivity index (χ0n) is 18.3. The highest BCUT2D eigenvalue weighted by atomic mass is 32.1. The number of carbonyl (C=O) groups excluding carboxylic acids is 2. The van der Waals surface area contributed by atoms with Gasteiger partial charge in [-0.1, -0.05) is 24.3 Å². The molecule has 0 atom stereocenters. The Kier molecular flexibility index (Phi) is 5.51. The number of benzene rings is 2. The summed E-state index contributed by atoms with van der Waals surface area (Å²) in [5.41, 5.74) is 3.68. The Labute approximate surface area is 195 Å². The minimum Gasteiger partial charge on any atom is -0.321 e. The number of aryl methyl sites for hydroxylation is 2. The van der Waals surface area contributed by atoms with Crippen LogP contribution in [-0.2, 0) is 0 Å². The lowest BCUT2D eigenvalue weighted by atomic mass is 10.1. The number of aromatic nitrogens is 2. The van der Waals surface area contributed by atoms with Crippen LogP contribution in [0.25, 0.3) is 10.2 Å². The van der Waals surface area contributed by atoms with Crippen LogP contribution in [0.2, 0.25) is 0 Å². The highest BCUT2D eigenvalue weighted by Gasteiger charge is 2.28. The van der Waals surface area contributed by atoms with Gasteiger partial charge in [0.2, 0.25) is 0 Å². The average Bonchev–Trinajstić information content (AvgIpc) is 3.58. The molecule has 1 saturated carbocycles. The van der Waals surface area contributed by atoms with Gasteiger partial charge < -0.3 is 16.0 Å². The molecule has 0 bridgehead atoms. The number of nitrogens with one attached hydrogen (secondary N) is 3. The van der Waals surface area contributed by atoms with E-state index in [0.29, 0.717) is 27.9 Å². The number of urea groups is 1. The molecule has 3 amide bonds. The molecule has 5 rings (SSSR count). The van der Waals surface area contributed by atoms with E-state index < -0.39 is 0 Å². The van der Waals surface area contributed by atoms with E-state index in [-0.39, 0.29) is 11.9 Å². The van der Waals surface area contributed by atoms with E-state index in [2.05, 4.69) is 20.9 Å². The van der Waals surface area contributed by atoms with E-state index in [1.807, 2.05) is 44.2 Å². The Morgan fingerprint density at radius 3 is 2.27 bits per heavy atom. The molecule has 0 unspecified atom stereocenters. The molecule has 1 fully saturated rings. The van der Waals surface area contributed by atoms with Crippen LogP contribution < -0.4 is 16.0 Å². The molecule has 1 aliphatic rings. The summed E-state index contributed by atoms with van der Waals surface area (Å²) in [5, 5.41) is 9.47. The van der Waals surface area contributed by atoms with Crippen LogP contribution in [0.1, 0.15) is 45.5 Å². The smallest absolute Gasteiger partial charge is 0.321 e. The Bertz CT molecular complexity index is 1360. The molecular weight excluding hydrogens is 434 g/mol. The molecule has 0 radical (unpaired) electrons. The number of amides is 3. The third kappa shape index (κ3) is 4.56. The first-order valence-electron chi connectivity index (χ1n) is 10.8. The van der Waals surface area contributed by atoms with Crippen molar-refractivity contribution in [1.82, 2.24) is 9.97 Å². The molecular formula is C25H23N5O2S. The van der Waals surface area contributed by atoms with Crippen molar-refractivity contribution in [1.29, 1.82) is 0 Å². The zero-order valence-corrected chi connectivity index (χ0v) is 19.1. The monoisotopic (exact) mass is 457 g/mol. The Morgan fingerprint density at radius 1 is 0.879 bits per heavy atom. The minimum atomic E-state index is -0.356. The molecule has 2 aromatic heterocycles. The van der Waals surface area contributed by atoms with Crippen LogP contribution in [0.15, 0.2) is 54.6 Å². The summed E-state index contributed by atoms with van der Waals surface area (Å²) >= 11 is 1.40. The fourth-order valence-electron chi connectivity index (χ4n) is 3.78. The van der Waals surface area contributed by atoms with Crippen molar-refractivity contribution in [3.05, 3.63) is 76.6 Å². The van der Waals surface area contributed by atoms with Gasteiger partial charge in [0.25, 0.3) is 5.91 Å². The van der Waals surface area contributed by atoms with Gasteiger partial charge in [0.15, 0.2) is 0 Å². The fourth-order valence-corrected chi connectivity index (χ4v) is 4.91. The van der Waals surface area contributed by atoms with Crippen LogP contribution in [0.4, 0.5) is 21.9 Å². The van der Waals surface area contributed by atoms with Crippen molar-refractivity contribution < 1.29 is 9.59 Å². The van der Waals surface area contributed by atoms with Crippen LogP contribution >= 0.6 is 11.3 Å². The lowest BCUT2D eigenvalue weighted by molar-refractivity contribution is 0.103. The highest BCUT2D eigenvalue weighted by Crippen LogP contribution is 2.40. The van der Waals surface area contributed by atoms with Gasteiger partial charge in [-0.25, -0.2) is 14.8 Å². The summed E-state index contributed by atoms with van der Waals surface area (Å²) in [6.45, 7) is 3.92. The van der Waals surface area contributed by atoms with E-state index in [1.54, 1.807) is 24.3 Å². The van der Waals surface area contributed by atoms with Crippen molar-refractivity contribution in [3.63, 3.8) is 0 Å². The average molecular weight is 458 g/mol. The number of fused-ring (bicyclic) bond motifs is 1. The maximum absolute atomic E-state index is 13.1. The summed E-state index contributed by atoms with van der Waals surface area (Å²) in [4.78, 5) is 36.2. The number of hydrogen-bond acceptors (Lipinski definition) is 5. The maximum Gasteiger partial charge on any atom is 0.323 e. The van der Waals surface area contributed by atoms with Gasteiger partial charge in [0.1, 0.15) is 10.7 Å². The summed E-state index contributed by atoms with van der Waals surface area (Å²) in [5.74, 6) is 1.15. The first-order chi connectivity index (χ1) is 16.0. The van der Waals surface area contributed by atoms with Crippen LogP contribution in [0.5, 0.6) is 0 Å². The number of para-hydroxylation sites is 1. The fraction of sp³-hybridized carbons (Fsp3) is 0.200. The van der Waals surface area contributed by atoms with E-state index in [0.717, 1.165) is 40.1 Å². The second-order valence-electron chi connectivity index (χ2n) is 8.16. The molecule has 166 valence electrons. The number of nitrogens with zero attached hydrogens (tertiary/aromatic N) is 2. The molecule has 7 nitrogen and oxygen atoms in total. The number of carbonyl (C=O) groups is 2. The zero-order chi connectivity index (χ0) is 22.9. The normalized spacial score (nSPS) is 13.0. The van der Waals surface area contributed by atoms with Crippen LogP contribution in [-0.4, -0.2) is 21.9 Å². The first-order valence-corrected chi connectivity index (χ1v) is 11.6. The molecule has 4 aromatic rings. The summed E-state index contributed by atoms with van der Waals surface area (Å²) in [7, 11) is 0. The van der Waals surface area contributed by atoms with E-state index in [9.17, 15) is 9.59 Å². The van der Waals surface area contributed by atoms with Gasteiger partial charge in [-0.2, -0.15) is 0 Å². The van der Waals surface area contributed by atoms with E-state index >= 15 is 0 Å². The minimum absolute atomic E-state index is 0.200. The van der Waals surface area contributed by atoms with Crippen molar-refractivity contribution in [2.75, 3.05) is 16.0 Å². The van der Waals surface area contributed by atoms with E-state index in [1.165, 1.54) is 11.3 Å². The number of rotatable bonds is 5. The largest absolute Gasteiger partial charge is 0.323 e. The van der Waals surface area contributed by atoms with E-state index in [4.69, 9.17) is 4.98 Å². The first kappa shape index (κ1) is 21.1. The topological polar surface area (TPSA) is 96.0 Å². The Hall–Kier alpha value is -3.78. The summed E-state index contributed by atoms with van der Waals surface area (Å²) < 4.78 is 0. The molecule has 2 heterocycles. The number of hydrogen-bond donors (Lipinski definition) is 3. The second kappa shape index (κ2) is 8.63. The van der Waals surface area contributed by atoms with Gasteiger partial charge >= 0.3 is 6.03 Å². The predicted molar refractivity (Wildman–Crippen MR) is 132 cm³/mol. The lowest BCUT2D eigenvalue weighted by Gasteiger charge is -2.10. The molecule has 8 heteroatoms. The number of anilines is 3. The van der Waals surface area contributed by atoms with Gasteiger partial charge in [0.05, 0.1) is 10.6 Å². The highest BCUT2D eigenvalue weighted by molar-refractivity contribution is 7.20. The second-order valence-corrected chi connectivity index (χ2v) is 9.16. The molecule has 0 saturated heterocycles. The SMILES string of the molecule is Cc1nc(C2CC2)nc2sc(C(=O)Nc3cccc(NC(=O)Nc4ccccc4)c3)c(C)c12. The third-order valence-electron chi connectivity index (χ3n) is 5.55. The van der Waals surface area contributed by atoms with Gasteiger partial charge in [0, 0.05) is 28.4 Å². The van der Waals surface area contributed by atoms with Crippen molar-refractivity contribution in [3.8, 4) is 0 Å². The molecule has 3 N–H and O–H groups in total. The molecule has 1 aliphatic carbocycles. The Morgan fingerprint density at radius 2 is 1.55 bits per heavy atom. The lowest BCUT2D eigenvalue weighted by Crippen LogP contribution is -2.19. The van der Waals surface area contributed by atoms with Gasteiger partial charge in [-0.3, -0.25) is 4.79 Å². The van der Waals surface area contributed by atoms with Crippen LogP contribution in [0, 0.1) is 13.8 Å². The van der Waals surface area contributed by atoms with Crippen molar-refractivity contribution in [2.45, 2.75) is 32.6 Å². The van der Waals surface area contributed by atoms with Crippen molar-refractivity contribution >= 4 is 50.6 Å². The quantitative estimate of drug-likeness (QED) is 0.338. The Balaban J connectivity index is 1.32. The number of thiophene rings is 1. The van der Waals surface area contributed by atoms with Gasteiger partial charge in [-0.05, 0) is 62.6 Å². The third-order valence-corrected chi connectivity index (χ3v) is 6.73. The molecule has 0 aliphatic heterocycles.